The Bertz CT molecular complexity index is 1010. The van der Waals surface area contributed by atoms with Gasteiger partial charge in [-0.3, -0.25) is 19.7 Å². The number of nitro groups is 1. The van der Waals surface area contributed by atoms with Crippen molar-refractivity contribution in [1.82, 2.24) is 5.01 Å². The molecule has 0 radical (unpaired) electrons. The minimum Gasteiger partial charge on any atom is -0.474 e. The van der Waals surface area contributed by atoms with Crippen LogP contribution in [0.1, 0.15) is 18.9 Å². The number of nitrogens with zero attached hydrogens (tertiary/aromatic N) is 3. The highest BCUT2D eigenvalue weighted by atomic mass is 35.5. The van der Waals surface area contributed by atoms with Crippen molar-refractivity contribution in [1.29, 1.82) is 0 Å². The Hall–Kier alpha value is -3.27. The molecule has 1 aromatic carbocycles. The summed E-state index contributed by atoms with van der Waals surface area (Å²) in [5, 5.41) is 16.3. The van der Waals surface area contributed by atoms with Gasteiger partial charge < -0.3 is 9.47 Å². The van der Waals surface area contributed by atoms with Crippen molar-refractivity contribution in [3.05, 3.63) is 45.0 Å². The predicted octanol–water partition coefficient (Wildman–Crippen LogP) is 2.33. The monoisotopic (exact) mass is 447 g/mol. The molecule has 1 saturated heterocycles. The molecule has 4 rings (SSSR count). The molecule has 4 atom stereocenters. The van der Waals surface area contributed by atoms with E-state index in [1.54, 1.807) is 6.92 Å². The zero-order valence-corrected chi connectivity index (χ0v) is 17.2. The van der Waals surface area contributed by atoms with Crippen LogP contribution in [0.15, 0.2) is 29.4 Å². The van der Waals surface area contributed by atoms with Crippen LogP contribution in [0.5, 0.6) is 5.75 Å². The third-order valence-electron chi connectivity index (χ3n) is 5.66. The van der Waals surface area contributed by atoms with E-state index in [-0.39, 0.29) is 34.8 Å². The second kappa shape index (κ2) is 8.10. The summed E-state index contributed by atoms with van der Waals surface area (Å²) in [5.41, 5.74) is -0.446. The summed E-state index contributed by atoms with van der Waals surface area (Å²) in [4.78, 5) is 47.9. The summed E-state index contributed by atoms with van der Waals surface area (Å²) in [6.07, 6.45) is 5.82. The van der Waals surface area contributed by atoms with Crippen LogP contribution in [0.25, 0.3) is 0 Å². The summed E-state index contributed by atoms with van der Waals surface area (Å²) >= 11 is 5.99. The van der Waals surface area contributed by atoms with Gasteiger partial charge in [0.15, 0.2) is 6.61 Å². The average Bonchev–Trinajstić information content (AvgIpc) is 3.40. The fourth-order valence-corrected chi connectivity index (χ4v) is 4.66. The van der Waals surface area contributed by atoms with Crippen LogP contribution in [0.3, 0.4) is 0 Å². The number of ether oxygens (including phenoxy) is 2. The highest BCUT2D eigenvalue weighted by Gasteiger charge is 2.59. The van der Waals surface area contributed by atoms with Gasteiger partial charge in [0, 0.05) is 16.7 Å². The maximum Gasteiger partial charge on any atom is 0.344 e. The Morgan fingerprint density at radius 3 is 2.52 bits per heavy atom. The van der Waals surface area contributed by atoms with Gasteiger partial charge in [0.25, 0.3) is 11.8 Å². The molecule has 10 nitrogen and oxygen atoms in total. The van der Waals surface area contributed by atoms with Gasteiger partial charge in [-0.05, 0) is 31.2 Å². The van der Waals surface area contributed by atoms with Gasteiger partial charge in [0.05, 0.1) is 29.6 Å². The zero-order chi connectivity index (χ0) is 22.3. The lowest BCUT2D eigenvalue weighted by Crippen LogP contribution is -2.28. The molecule has 2 amide bonds. The number of esters is 1. The third-order valence-corrected chi connectivity index (χ3v) is 5.88. The topological polar surface area (TPSA) is 128 Å². The van der Waals surface area contributed by atoms with Crippen molar-refractivity contribution in [3.8, 4) is 5.75 Å². The average molecular weight is 448 g/mol. The lowest BCUT2D eigenvalue weighted by Gasteiger charge is -2.13. The van der Waals surface area contributed by atoms with E-state index >= 15 is 0 Å². The van der Waals surface area contributed by atoms with E-state index < -0.39 is 46.8 Å². The molecule has 1 aliphatic heterocycles. The summed E-state index contributed by atoms with van der Waals surface area (Å²) in [6.45, 7) is 1.16. The molecule has 0 spiro atoms. The number of amides is 2. The fourth-order valence-electron chi connectivity index (χ4n) is 4.44. The van der Waals surface area contributed by atoms with E-state index in [2.05, 4.69) is 5.10 Å². The fraction of sp³-hybridized carbons (Fsp3) is 0.400. The molecule has 0 unspecified atom stereocenters. The van der Waals surface area contributed by atoms with Crippen molar-refractivity contribution in [2.75, 3.05) is 13.2 Å². The summed E-state index contributed by atoms with van der Waals surface area (Å²) < 4.78 is 10.1. The maximum absolute atomic E-state index is 12.8. The van der Waals surface area contributed by atoms with Gasteiger partial charge in [0.1, 0.15) is 0 Å². The van der Waals surface area contributed by atoms with E-state index in [1.165, 1.54) is 6.07 Å². The van der Waals surface area contributed by atoms with Crippen molar-refractivity contribution in [3.63, 3.8) is 0 Å². The van der Waals surface area contributed by atoms with Gasteiger partial charge in [-0.1, -0.05) is 23.8 Å². The lowest BCUT2D eigenvalue weighted by molar-refractivity contribution is -0.385. The standard InChI is InChI=1S/C20H18ClN3O7/c1-2-30-15(25)9-31-18-12(6-13(21)7-14(18)24(28)29)8-22-23-19(26)16-10-3-4-11(5-10)17(16)20(23)27/h3-4,6-8,10-11,16-17H,2,5,9H2,1H3/t10-,11-,16-,17+/m0/s1. The van der Waals surface area contributed by atoms with Crippen LogP contribution in [0.4, 0.5) is 5.69 Å². The van der Waals surface area contributed by atoms with E-state index in [4.69, 9.17) is 21.1 Å². The zero-order valence-electron chi connectivity index (χ0n) is 16.4. The molecule has 11 heteroatoms. The minimum atomic E-state index is -0.719. The number of benzene rings is 1. The Labute approximate surface area is 181 Å². The second-order valence-corrected chi connectivity index (χ2v) is 7.86. The van der Waals surface area contributed by atoms with Crippen LogP contribution in [0, 0.1) is 33.8 Å². The van der Waals surface area contributed by atoms with Crippen LogP contribution >= 0.6 is 11.6 Å². The molecule has 162 valence electrons. The first-order chi connectivity index (χ1) is 14.8. The minimum absolute atomic E-state index is 0.0230. The number of imide groups is 1. The van der Waals surface area contributed by atoms with E-state index in [0.29, 0.717) is 0 Å². The SMILES string of the molecule is CCOC(=O)COc1c(C=NN2C(=O)[C@@H]3[C@H](C2=O)[C@H]2C=C[C@H]3C2)cc(Cl)cc1[N+](=O)[O-]. The number of rotatable bonds is 7. The van der Waals surface area contributed by atoms with Crippen molar-refractivity contribution >= 4 is 41.3 Å². The first-order valence-electron chi connectivity index (χ1n) is 9.68. The molecule has 2 aliphatic carbocycles. The number of carbonyl (C=O) groups is 3. The van der Waals surface area contributed by atoms with Crippen molar-refractivity contribution < 1.29 is 28.8 Å². The Balaban J connectivity index is 1.62. The first kappa shape index (κ1) is 21.0. The number of fused-ring (bicyclic) bond motifs is 5. The van der Waals surface area contributed by atoms with Gasteiger partial charge in [-0.15, -0.1) is 0 Å². The molecule has 2 fully saturated rings. The quantitative estimate of drug-likeness (QED) is 0.157. The number of allylic oxidation sites excluding steroid dienone is 2. The molecule has 0 N–H and O–H groups in total. The van der Waals surface area contributed by atoms with Gasteiger partial charge in [0.2, 0.25) is 5.75 Å². The van der Waals surface area contributed by atoms with Crippen LogP contribution in [0.2, 0.25) is 5.02 Å². The number of nitro benzene ring substituents is 1. The highest BCUT2D eigenvalue weighted by molar-refractivity contribution is 6.31. The normalized spacial score (nSPS) is 26.1. The van der Waals surface area contributed by atoms with Crippen molar-refractivity contribution in [2.24, 2.45) is 28.8 Å². The Morgan fingerprint density at radius 1 is 1.29 bits per heavy atom. The van der Waals surface area contributed by atoms with Crippen LogP contribution < -0.4 is 4.74 Å². The molecule has 1 saturated carbocycles. The second-order valence-electron chi connectivity index (χ2n) is 7.43. The molecular weight excluding hydrogens is 430 g/mol. The highest BCUT2D eigenvalue weighted by Crippen LogP contribution is 2.52. The Morgan fingerprint density at radius 2 is 1.94 bits per heavy atom. The molecule has 31 heavy (non-hydrogen) atoms. The first-order valence-corrected chi connectivity index (χ1v) is 10.1. The largest absolute Gasteiger partial charge is 0.474 e. The summed E-state index contributed by atoms with van der Waals surface area (Å²) in [6, 6.07) is 2.40. The predicted molar refractivity (Wildman–Crippen MR) is 107 cm³/mol. The number of hydrogen-bond acceptors (Lipinski definition) is 8. The van der Waals surface area contributed by atoms with Gasteiger partial charge in [-0.2, -0.15) is 10.1 Å². The van der Waals surface area contributed by atoms with Crippen LogP contribution in [-0.4, -0.2) is 47.1 Å². The van der Waals surface area contributed by atoms with Crippen molar-refractivity contribution in [2.45, 2.75) is 13.3 Å². The number of carbonyl (C=O) groups excluding carboxylic acids is 3. The summed E-state index contributed by atoms with van der Waals surface area (Å²) in [5.74, 6) is -2.56. The Kier molecular flexibility index (Phi) is 5.48. The number of halogens is 1. The molecule has 1 aromatic rings. The molecular formula is C20H18ClN3O7. The number of hydrazone groups is 1. The van der Waals surface area contributed by atoms with E-state index in [0.717, 1.165) is 23.7 Å². The van der Waals surface area contributed by atoms with E-state index in [1.807, 2.05) is 12.2 Å². The number of hydrogen-bond donors (Lipinski definition) is 0. The van der Waals surface area contributed by atoms with Crippen LogP contribution in [-0.2, 0) is 19.1 Å². The van der Waals surface area contributed by atoms with Gasteiger partial charge in [-0.25, -0.2) is 4.79 Å². The summed E-state index contributed by atoms with van der Waals surface area (Å²) in [7, 11) is 0. The maximum atomic E-state index is 12.8. The lowest BCUT2D eigenvalue weighted by atomic mass is 9.85. The van der Waals surface area contributed by atoms with E-state index in [9.17, 15) is 24.5 Å². The van der Waals surface area contributed by atoms with Gasteiger partial charge >= 0.3 is 11.7 Å². The smallest absolute Gasteiger partial charge is 0.344 e. The molecule has 1 heterocycles. The molecule has 3 aliphatic rings. The molecule has 0 aromatic heterocycles. The molecule has 2 bridgehead atoms. The third kappa shape index (κ3) is 3.67.